The summed E-state index contributed by atoms with van der Waals surface area (Å²) in [5, 5.41) is 4.57. The van der Waals surface area contributed by atoms with Crippen molar-refractivity contribution >= 4 is 27.1 Å². The molecule has 0 radical (unpaired) electrons. The number of carbonyl (C=O) groups excluding carboxylic acids is 1. The maximum absolute atomic E-state index is 12.2. The van der Waals surface area contributed by atoms with Gasteiger partial charge in [-0.25, -0.2) is 13.4 Å². The summed E-state index contributed by atoms with van der Waals surface area (Å²) in [7, 11) is -3.75. The van der Waals surface area contributed by atoms with Crippen LogP contribution in [0, 0.1) is 5.41 Å². The van der Waals surface area contributed by atoms with Crippen molar-refractivity contribution in [2.75, 3.05) is 5.75 Å². The van der Waals surface area contributed by atoms with Crippen LogP contribution in [0.2, 0.25) is 0 Å². The van der Waals surface area contributed by atoms with Gasteiger partial charge in [-0.15, -0.1) is 11.3 Å². The normalized spacial score (nSPS) is 13.8. The third kappa shape index (κ3) is 3.95. The van der Waals surface area contributed by atoms with E-state index in [2.05, 4.69) is 15.3 Å². The SMILES string of the molecule is CC(C)(C)C(NC(=O)CS(=O)(=O)c1ncc[nH]1)c1cccs1. The Labute approximate surface area is 133 Å². The number of thiophene rings is 1. The molecule has 22 heavy (non-hydrogen) atoms. The van der Waals surface area contributed by atoms with Gasteiger partial charge in [-0.3, -0.25) is 4.79 Å². The van der Waals surface area contributed by atoms with Crippen LogP contribution in [0.5, 0.6) is 0 Å². The Hall–Kier alpha value is -1.67. The summed E-state index contributed by atoms with van der Waals surface area (Å²) < 4.78 is 24.1. The molecule has 0 aromatic carbocycles. The van der Waals surface area contributed by atoms with E-state index in [1.165, 1.54) is 23.7 Å². The van der Waals surface area contributed by atoms with E-state index in [4.69, 9.17) is 0 Å². The molecule has 2 heterocycles. The number of hydrogen-bond acceptors (Lipinski definition) is 5. The van der Waals surface area contributed by atoms with Crippen LogP contribution < -0.4 is 5.32 Å². The van der Waals surface area contributed by atoms with E-state index in [0.29, 0.717) is 0 Å². The van der Waals surface area contributed by atoms with E-state index in [1.807, 2.05) is 38.3 Å². The number of carbonyl (C=O) groups is 1. The molecule has 0 spiro atoms. The molecule has 0 fully saturated rings. The highest BCUT2D eigenvalue weighted by Crippen LogP contribution is 2.35. The fraction of sp³-hybridized carbons (Fsp3) is 0.429. The van der Waals surface area contributed by atoms with E-state index in [1.54, 1.807) is 0 Å². The van der Waals surface area contributed by atoms with Crippen LogP contribution in [0.15, 0.2) is 35.1 Å². The number of nitrogens with zero attached hydrogens (tertiary/aromatic N) is 1. The van der Waals surface area contributed by atoms with Gasteiger partial charge in [-0.1, -0.05) is 26.8 Å². The fourth-order valence-electron chi connectivity index (χ4n) is 2.03. The van der Waals surface area contributed by atoms with Crippen LogP contribution in [-0.2, 0) is 14.6 Å². The van der Waals surface area contributed by atoms with Crippen LogP contribution in [0.3, 0.4) is 0 Å². The number of H-pyrrole nitrogens is 1. The van der Waals surface area contributed by atoms with E-state index in [-0.39, 0.29) is 16.6 Å². The monoisotopic (exact) mass is 341 g/mol. The lowest BCUT2D eigenvalue weighted by Gasteiger charge is -2.30. The van der Waals surface area contributed by atoms with E-state index >= 15 is 0 Å². The van der Waals surface area contributed by atoms with Crippen molar-refractivity contribution in [1.29, 1.82) is 0 Å². The number of aromatic amines is 1. The summed E-state index contributed by atoms with van der Waals surface area (Å²) in [5.74, 6) is -1.16. The average Bonchev–Trinajstić information content (AvgIpc) is 3.07. The molecular formula is C14H19N3O3S2. The molecule has 0 bridgehead atoms. The largest absolute Gasteiger partial charge is 0.347 e. The minimum atomic E-state index is -3.75. The Bertz CT molecular complexity index is 714. The van der Waals surface area contributed by atoms with Gasteiger partial charge in [0.15, 0.2) is 0 Å². The van der Waals surface area contributed by atoms with Gasteiger partial charge in [0.05, 0.1) is 6.04 Å². The third-order valence-corrected chi connectivity index (χ3v) is 5.48. The maximum atomic E-state index is 12.2. The van der Waals surface area contributed by atoms with E-state index in [0.717, 1.165) is 4.88 Å². The smallest absolute Gasteiger partial charge is 0.236 e. The number of imidazole rings is 1. The fourth-order valence-corrected chi connectivity index (χ4v) is 4.09. The number of nitrogens with one attached hydrogen (secondary N) is 2. The van der Waals surface area contributed by atoms with Crippen LogP contribution in [-0.4, -0.2) is 30.0 Å². The first kappa shape index (κ1) is 16.7. The zero-order valence-electron chi connectivity index (χ0n) is 12.7. The van der Waals surface area contributed by atoms with Gasteiger partial charge in [0.2, 0.25) is 20.9 Å². The van der Waals surface area contributed by atoms with Gasteiger partial charge in [0.1, 0.15) is 5.75 Å². The van der Waals surface area contributed by atoms with Gasteiger partial charge in [0.25, 0.3) is 0 Å². The molecule has 2 N–H and O–H groups in total. The quantitative estimate of drug-likeness (QED) is 0.871. The highest BCUT2D eigenvalue weighted by molar-refractivity contribution is 7.91. The molecule has 0 aliphatic rings. The lowest BCUT2D eigenvalue weighted by Crippen LogP contribution is -2.39. The van der Waals surface area contributed by atoms with Gasteiger partial charge in [0, 0.05) is 17.3 Å². The molecule has 120 valence electrons. The van der Waals surface area contributed by atoms with Crippen molar-refractivity contribution in [3.05, 3.63) is 34.8 Å². The predicted octanol–water partition coefficient (Wildman–Crippen LogP) is 2.15. The Kier molecular flexibility index (Phi) is 4.72. The Balaban J connectivity index is 2.13. The number of rotatable bonds is 5. The van der Waals surface area contributed by atoms with Crippen LogP contribution in [0.1, 0.15) is 31.7 Å². The molecule has 6 nitrogen and oxygen atoms in total. The lowest BCUT2D eigenvalue weighted by atomic mass is 9.86. The number of aromatic nitrogens is 2. The standard InChI is InChI=1S/C14H19N3O3S2/c1-14(2,3)12(10-5-4-8-21-10)17-11(18)9-22(19,20)13-15-6-7-16-13/h4-8,12H,9H2,1-3H3,(H,15,16)(H,17,18). The van der Waals surface area contributed by atoms with Crippen molar-refractivity contribution in [1.82, 2.24) is 15.3 Å². The first-order chi connectivity index (χ1) is 10.2. The van der Waals surface area contributed by atoms with Crippen molar-refractivity contribution < 1.29 is 13.2 Å². The second-order valence-electron chi connectivity index (χ2n) is 6.04. The van der Waals surface area contributed by atoms with Gasteiger partial charge < -0.3 is 10.3 Å². The van der Waals surface area contributed by atoms with Gasteiger partial charge >= 0.3 is 0 Å². The summed E-state index contributed by atoms with van der Waals surface area (Å²) in [6.45, 7) is 6.00. The summed E-state index contributed by atoms with van der Waals surface area (Å²) in [5.41, 5.74) is -0.227. The molecule has 0 saturated heterocycles. The molecular weight excluding hydrogens is 322 g/mol. The molecule has 2 rings (SSSR count). The summed E-state index contributed by atoms with van der Waals surface area (Å²) in [4.78, 5) is 19.4. The van der Waals surface area contributed by atoms with E-state index < -0.39 is 21.5 Å². The van der Waals surface area contributed by atoms with Crippen molar-refractivity contribution in [2.45, 2.75) is 32.0 Å². The molecule has 8 heteroatoms. The predicted molar refractivity (Wildman–Crippen MR) is 85.3 cm³/mol. The van der Waals surface area contributed by atoms with Crippen LogP contribution in [0.4, 0.5) is 0 Å². The van der Waals surface area contributed by atoms with Crippen molar-refractivity contribution in [3.63, 3.8) is 0 Å². The van der Waals surface area contributed by atoms with Crippen LogP contribution in [0.25, 0.3) is 0 Å². The number of amides is 1. The average molecular weight is 341 g/mol. The van der Waals surface area contributed by atoms with Crippen molar-refractivity contribution in [2.24, 2.45) is 5.41 Å². The molecule has 2 aromatic heterocycles. The Morgan fingerprint density at radius 1 is 1.45 bits per heavy atom. The first-order valence-corrected chi connectivity index (χ1v) is 9.28. The number of sulfone groups is 1. The summed E-state index contributed by atoms with van der Waals surface area (Å²) in [6, 6.07) is 3.60. The zero-order valence-corrected chi connectivity index (χ0v) is 14.3. The van der Waals surface area contributed by atoms with E-state index in [9.17, 15) is 13.2 Å². The Morgan fingerprint density at radius 2 is 2.18 bits per heavy atom. The van der Waals surface area contributed by atoms with Gasteiger partial charge in [-0.05, 0) is 16.9 Å². The highest BCUT2D eigenvalue weighted by atomic mass is 32.2. The molecule has 1 atom stereocenters. The molecule has 1 unspecified atom stereocenters. The minimum absolute atomic E-state index is 0.189. The lowest BCUT2D eigenvalue weighted by molar-refractivity contribution is -0.120. The molecule has 2 aromatic rings. The van der Waals surface area contributed by atoms with Crippen LogP contribution >= 0.6 is 11.3 Å². The first-order valence-electron chi connectivity index (χ1n) is 6.75. The second kappa shape index (κ2) is 6.21. The number of hydrogen-bond donors (Lipinski definition) is 2. The maximum Gasteiger partial charge on any atom is 0.236 e. The van der Waals surface area contributed by atoms with Crippen molar-refractivity contribution in [3.8, 4) is 0 Å². The summed E-state index contributed by atoms with van der Waals surface area (Å²) >= 11 is 1.53. The zero-order chi connectivity index (χ0) is 16.4. The Morgan fingerprint density at radius 3 is 2.68 bits per heavy atom. The summed E-state index contributed by atoms with van der Waals surface area (Å²) in [6.07, 6.45) is 2.75. The molecule has 0 saturated carbocycles. The molecule has 0 aliphatic heterocycles. The highest BCUT2D eigenvalue weighted by Gasteiger charge is 2.30. The minimum Gasteiger partial charge on any atom is -0.347 e. The van der Waals surface area contributed by atoms with Gasteiger partial charge in [-0.2, -0.15) is 0 Å². The second-order valence-corrected chi connectivity index (χ2v) is 8.92. The molecule has 0 aliphatic carbocycles. The third-order valence-electron chi connectivity index (χ3n) is 3.09. The topological polar surface area (TPSA) is 91.9 Å². The molecule has 1 amide bonds.